The predicted octanol–water partition coefficient (Wildman–Crippen LogP) is 3.96. The highest BCUT2D eigenvalue weighted by molar-refractivity contribution is 5.80. The number of H-pyrrole nitrogens is 2. The van der Waals surface area contributed by atoms with Crippen LogP contribution in [0, 0.1) is 0 Å². The van der Waals surface area contributed by atoms with Gasteiger partial charge in [0.1, 0.15) is 5.82 Å². The van der Waals surface area contributed by atoms with Crippen LogP contribution in [-0.2, 0) is 0 Å². The molecule has 0 spiro atoms. The predicted molar refractivity (Wildman–Crippen MR) is 88.9 cm³/mol. The molecule has 0 amide bonds. The largest absolute Gasteiger partial charge is 0.323 e. The highest BCUT2D eigenvalue weighted by Crippen LogP contribution is 2.41. The van der Waals surface area contributed by atoms with E-state index in [1.54, 1.807) is 0 Å². The summed E-state index contributed by atoms with van der Waals surface area (Å²) in [6, 6.07) is 6.22. The van der Waals surface area contributed by atoms with Gasteiger partial charge in [-0.05, 0) is 37.8 Å². The van der Waals surface area contributed by atoms with Crippen LogP contribution in [-0.4, -0.2) is 25.4 Å². The van der Waals surface area contributed by atoms with Crippen LogP contribution in [0.2, 0.25) is 0 Å². The van der Waals surface area contributed by atoms with E-state index in [0.717, 1.165) is 22.7 Å². The van der Waals surface area contributed by atoms with Gasteiger partial charge in [0.25, 0.3) is 0 Å². The van der Waals surface area contributed by atoms with Gasteiger partial charge in [-0.1, -0.05) is 12.8 Å². The molecule has 3 aromatic heterocycles. The molecule has 3 aromatic rings. The van der Waals surface area contributed by atoms with E-state index in [1.165, 1.54) is 49.9 Å². The molecule has 6 nitrogen and oxygen atoms in total. The molecule has 0 aliphatic heterocycles. The fourth-order valence-electron chi connectivity index (χ4n) is 3.65. The summed E-state index contributed by atoms with van der Waals surface area (Å²) in [7, 11) is 0. The van der Waals surface area contributed by atoms with Crippen molar-refractivity contribution >= 4 is 22.7 Å². The Morgan fingerprint density at radius 3 is 2.61 bits per heavy atom. The number of nitrogens with zero attached hydrogens (tertiary/aromatic N) is 3. The molecule has 0 aromatic carbocycles. The van der Waals surface area contributed by atoms with Crippen LogP contribution in [0.15, 0.2) is 18.2 Å². The van der Waals surface area contributed by atoms with Crippen LogP contribution in [0.3, 0.4) is 0 Å². The maximum atomic E-state index is 4.60. The Kier molecular flexibility index (Phi) is 2.89. The average Bonchev–Trinajstić information content (AvgIpc) is 2.99. The molecule has 2 saturated carbocycles. The molecule has 2 aliphatic rings. The lowest BCUT2D eigenvalue weighted by atomic mass is 10.0. The number of anilines is 2. The minimum atomic E-state index is 0.640. The second-order valence-electron chi connectivity index (χ2n) is 6.79. The van der Waals surface area contributed by atoms with Gasteiger partial charge in [-0.2, -0.15) is 10.2 Å². The van der Waals surface area contributed by atoms with Crippen LogP contribution in [0.1, 0.15) is 61.7 Å². The second kappa shape index (κ2) is 5.08. The summed E-state index contributed by atoms with van der Waals surface area (Å²) < 4.78 is 0. The molecule has 2 fully saturated rings. The van der Waals surface area contributed by atoms with Gasteiger partial charge >= 0.3 is 0 Å². The highest BCUT2D eigenvalue weighted by Gasteiger charge is 2.27. The average molecular weight is 308 g/mol. The molecule has 3 heterocycles. The molecule has 0 radical (unpaired) electrons. The van der Waals surface area contributed by atoms with Crippen LogP contribution in [0.25, 0.3) is 11.0 Å². The van der Waals surface area contributed by atoms with Crippen molar-refractivity contribution in [1.82, 2.24) is 25.4 Å². The van der Waals surface area contributed by atoms with Crippen LogP contribution >= 0.6 is 0 Å². The van der Waals surface area contributed by atoms with Gasteiger partial charge < -0.3 is 5.32 Å². The fraction of sp³-hybridized carbons (Fsp3) is 0.471. The topological polar surface area (TPSA) is 82.3 Å². The van der Waals surface area contributed by atoms with E-state index in [0.29, 0.717) is 11.8 Å². The Morgan fingerprint density at radius 1 is 0.913 bits per heavy atom. The lowest BCUT2D eigenvalue weighted by Crippen LogP contribution is -1.94. The third-order valence-corrected chi connectivity index (χ3v) is 5.08. The maximum Gasteiger partial charge on any atom is 0.183 e. The van der Waals surface area contributed by atoms with E-state index in [9.17, 15) is 0 Å². The first-order valence-corrected chi connectivity index (χ1v) is 8.54. The van der Waals surface area contributed by atoms with Crippen molar-refractivity contribution in [2.75, 3.05) is 5.32 Å². The zero-order chi connectivity index (χ0) is 15.2. The van der Waals surface area contributed by atoms with Gasteiger partial charge in [0.05, 0.1) is 0 Å². The van der Waals surface area contributed by atoms with E-state index >= 15 is 0 Å². The molecule has 5 rings (SSSR count). The Balaban J connectivity index is 1.38. The fourth-order valence-corrected chi connectivity index (χ4v) is 3.65. The summed E-state index contributed by atoms with van der Waals surface area (Å²) in [5.74, 6) is 2.91. The second-order valence-corrected chi connectivity index (χ2v) is 6.79. The number of aromatic amines is 2. The summed E-state index contributed by atoms with van der Waals surface area (Å²) >= 11 is 0. The monoisotopic (exact) mass is 308 g/mol. The number of pyridine rings is 1. The normalized spacial score (nSPS) is 18.8. The van der Waals surface area contributed by atoms with E-state index in [-0.39, 0.29) is 0 Å². The lowest BCUT2D eigenvalue weighted by molar-refractivity contribution is 0.693. The molecule has 0 bridgehead atoms. The molecule has 2 aliphatic carbocycles. The highest BCUT2D eigenvalue weighted by atomic mass is 15.2. The summed E-state index contributed by atoms with van der Waals surface area (Å²) in [6.45, 7) is 0. The summed E-state index contributed by atoms with van der Waals surface area (Å²) in [5, 5.41) is 19.5. The van der Waals surface area contributed by atoms with Crippen molar-refractivity contribution in [2.24, 2.45) is 0 Å². The molecule has 118 valence electrons. The van der Waals surface area contributed by atoms with Crippen LogP contribution in [0.5, 0.6) is 0 Å². The zero-order valence-electron chi connectivity index (χ0n) is 13.0. The Morgan fingerprint density at radius 2 is 1.78 bits per heavy atom. The SMILES string of the molecule is c1cc2c(C3CC3)[nH]nc2nc1Nc1cc(C2CCCC2)[nH]n1. The maximum absolute atomic E-state index is 4.60. The zero-order valence-corrected chi connectivity index (χ0v) is 13.0. The molecule has 23 heavy (non-hydrogen) atoms. The van der Waals surface area contributed by atoms with E-state index in [1.807, 2.05) is 6.07 Å². The molecular formula is C17H20N6. The smallest absolute Gasteiger partial charge is 0.183 e. The molecular weight excluding hydrogens is 288 g/mol. The number of fused-ring (bicyclic) bond motifs is 1. The van der Waals surface area contributed by atoms with Crippen LogP contribution in [0.4, 0.5) is 11.6 Å². The molecule has 6 heteroatoms. The van der Waals surface area contributed by atoms with Gasteiger partial charge in [-0.3, -0.25) is 10.2 Å². The van der Waals surface area contributed by atoms with Crippen molar-refractivity contribution in [2.45, 2.75) is 50.4 Å². The molecule has 0 atom stereocenters. The van der Waals surface area contributed by atoms with Crippen molar-refractivity contribution in [3.8, 4) is 0 Å². The van der Waals surface area contributed by atoms with E-state index in [2.05, 4.69) is 42.8 Å². The third-order valence-electron chi connectivity index (χ3n) is 5.08. The molecule has 0 saturated heterocycles. The van der Waals surface area contributed by atoms with Gasteiger partial charge in [-0.25, -0.2) is 4.98 Å². The van der Waals surface area contributed by atoms with E-state index < -0.39 is 0 Å². The Hall–Kier alpha value is -2.37. The van der Waals surface area contributed by atoms with Crippen molar-refractivity contribution in [1.29, 1.82) is 0 Å². The van der Waals surface area contributed by atoms with Gasteiger partial charge in [0, 0.05) is 34.7 Å². The van der Waals surface area contributed by atoms with Gasteiger partial charge in [0.15, 0.2) is 11.5 Å². The minimum Gasteiger partial charge on any atom is -0.323 e. The minimum absolute atomic E-state index is 0.640. The summed E-state index contributed by atoms with van der Waals surface area (Å²) in [6.07, 6.45) is 7.70. The Bertz CT molecular complexity index is 838. The van der Waals surface area contributed by atoms with Crippen molar-refractivity contribution in [3.05, 3.63) is 29.6 Å². The standard InChI is InChI=1S/C17H20N6/c1-2-4-10(3-1)13-9-15(21-20-13)18-14-8-7-12-16(11-5-6-11)22-23-17(12)19-14/h7-11H,1-6H2,(H3,18,19,20,21,22,23). The Labute approximate surface area is 134 Å². The van der Waals surface area contributed by atoms with Gasteiger partial charge in [-0.15, -0.1) is 0 Å². The number of nitrogens with one attached hydrogen (secondary N) is 3. The molecule has 3 N–H and O–H groups in total. The van der Waals surface area contributed by atoms with Gasteiger partial charge in [0.2, 0.25) is 0 Å². The summed E-state index contributed by atoms with van der Waals surface area (Å²) in [5.41, 5.74) is 3.26. The quantitative estimate of drug-likeness (QED) is 0.681. The number of aromatic nitrogens is 5. The lowest BCUT2D eigenvalue weighted by Gasteiger charge is -2.03. The van der Waals surface area contributed by atoms with Crippen molar-refractivity contribution < 1.29 is 0 Å². The number of hydrogen-bond donors (Lipinski definition) is 3. The molecule has 0 unspecified atom stereocenters. The summed E-state index contributed by atoms with van der Waals surface area (Å²) in [4.78, 5) is 4.60. The first-order chi connectivity index (χ1) is 11.4. The first-order valence-electron chi connectivity index (χ1n) is 8.54. The third kappa shape index (κ3) is 2.38. The van der Waals surface area contributed by atoms with Crippen molar-refractivity contribution in [3.63, 3.8) is 0 Å². The first kappa shape index (κ1) is 13.1. The van der Waals surface area contributed by atoms with E-state index in [4.69, 9.17) is 0 Å². The number of rotatable bonds is 4. The number of hydrogen-bond acceptors (Lipinski definition) is 4. The van der Waals surface area contributed by atoms with Crippen LogP contribution < -0.4 is 5.32 Å².